The molecule has 1 saturated heterocycles. The van der Waals surface area contributed by atoms with Crippen LogP contribution in [0.5, 0.6) is 0 Å². The van der Waals surface area contributed by atoms with Crippen LogP contribution in [0.2, 0.25) is 0 Å². The first-order valence-corrected chi connectivity index (χ1v) is 11.5. The molecule has 10 nitrogen and oxygen atoms in total. The molecule has 0 aliphatic carbocycles. The fraction of sp³-hybridized carbons (Fsp3) is 0.417. The second-order valence-electron chi connectivity index (χ2n) is 8.23. The van der Waals surface area contributed by atoms with E-state index in [1.54, 1.807) is 22.9 Å². The van der Waals surface area contributed by atoms with Gasteiger partial charge in [-0.2, -0.15) is 5.10 Å². The smallest absolute Gasteiger partial charge is 0.269 e. The summed E-state index contributed by atoms with van der Waals surface area (Å²) in [5.74, 6) is -1.02. The average molecular weight is 468 g/mol. The topological polar surface area (TPSA) is 130 Å². The van der Waals surface area contributed by atoms with E-state index in [9.17, 15) is 14.4 Å². The molecule has 10 heteroatoms. The molecule has 0 radical (unpaired) electrons. The number of fused-ring (bicyclic) bond motifs is 1. The van der Waals surface area contributed by atoms with E-state index < -0.39 is 12.1 Å². The van der Waals surface area contributed by atoms with Gasteiger partial charge in [0.15, 0.2) is 0 Å². The Balaban J connectivity index is 1.56. The summed E-state index contributed by atoms with van der Waals surface area (Å²) in [5.41, 5.74) is 2.21. The minimum Gasteiger partial charge on any atom is -0.463 e. The van der Waals surface area contributed by atoms with Gasteiger partial charge in [0, 0.05) is 31.1 Å². The Morgan fingerprint density at radius 2 is 2.03 bits per heavy atom. The molecule has 180 valence electrons. The number of aromatic nitrogens is 2. The minimum absolute atomic E-state index is 0.0819. The number of nitrogens with zero attached hydrogens (tertiary/aromatic N) is 3. The van der Waals surface area contributed by atoms with Gasteiger partial charge >= 0.3 is 0 Å². The fourth-order valence-corrected chi connectivity index (χ4v) is 4.33. The van der Waals surface area contributed by atoms with Crippen LogP contribution >= 0.6 is 0 Å². The van der Waals surface area contributed by atoms with Crippen molar-refractivity contribution in [3.63, 3.8) is 0 Å². The van der Waals surface area contributed by atoms with Crippen LogP contribution in [0.3, 0.4) is 0 Å². The summed E-state index contributed by atoms with van der Waals surface area (Å²) in [4.78, 5) is 40.8. The van der Waals surface area contributed by atoms with E-state index in [4.69, 9.17) is 9.52 Å². The van der Waals surface area contributed by atoms with Gasteiger partial charge in [-0.1, -0.05) is 25.1 Å². The molecule has 0 saturated carbocycles. The molecule has 3 heterocycles. The molecule has 2 aromatic heterocycles. The third-order valence-electron chi connectivity index (χ3n) is 6.05. The molecule has 3 amide bonds. The molecule has 1 fully saturated rings. The summed E-state index contributed by atoms with van der Waals surface area (Å²) < 4.78 is 7.17. The monoisotopic (exact) mass is 467 g/mol. The lowest BCUT2D eigenvalue weighted by Gasteiger charge is -2.23. The fourth-order valence-electron chi connectivity index (χ4n) is 4.33. The zero-order chi connectivity index (χ0) is 24.2. The highest BCUT2D eigenvalue weighted by Crippen LogP contribution is 2.27. The number of para-hydroxylation sites is 1. The van der Waals surface area contributed by atoms with Crippen LogP contribution in [0.1, 0.15) is 46.8 Å². The number of aryl methyl sites for hydroxylation is 2. The maximum Gasteiger partial charge on any atom is 0.269 e. The second kappa shape index (κ2) is 10.1. The van der Waals surface area contributed by atoms with Crippen molar-refractivity contribution in [1.82, 2.24) is 25.3 Å². The molecule has 3 N–H and O–H groups in total. The first-order valence-electron chi connectivity index (χ1n) is 11.5. The number of carbonyl (C=O) groups is 3. The minimum atomic E-state index is -0.791. The summed E-state index contributed by atoms with van der Waals surface area (Å²) in [6.45, 7) is 4.48. The molecule has 1 aliphatic heterocycles. The molecule has 0 spiro atoms. The van der Waals surface area contributed by atoms with Crippen LogP contribution in [0.15, 0.2) is 41.0 Å². The Hall–Kier alpha value is -3.66. The Bertz CT molecular complexity index is 1200. The van der Waals surface area contributed by atoms with Crippen molar-refractivity contribution >= 4 is 28.7 Å². The highest BCUT2D eigenvalue weighted by atomic mass is 16.3. The van der Waals surface area contributed by atoms with Crippen LogP contribution in [-0.4, -0.2) is 69.3 Å². The molecule has 0 unspecified atom stereocenters. The quantitative estimate of drug-likeness (QED) is 0.458. The normalized spacial score (nSPS) is 17.8. The third-order valence-corrected chi connectivity index (χ3v) is 6.05. The Kier molecular flexibility index (Phi) is 6.97. The van der Waals surface area contributed by atoms with Crippen LogP contribution in [-0.2, 0) is 17.8 Å². The molecule has 1 aliphatic rings. The summed E-state index contributed by atoms with van der Waals surface area (Å²) in [6.07, 6.45) is 2.36. The lowest BCUT2D eigenvalue weighted by atomic mass is 10.1. The number of nitrogens with one attached hydrogen (secondary N) is 2. The number of benzene rings is 1. The number of carbonyl (C=O) groups excluding carboxylic acids is 3. The Morgan fingerprint density at radius 3 is 2.76 bits per heavy atom. The first-order chi connectivity index (χ1) is 16.5. The number of aliphatic hydroxyl groups is 1. The molecule has 2 atom stereocenters. The lowest BCUT2D eigenvalue weighted by molar-refractivity contribution is -0.125. The van der Waals surface area contributed by atoms with Crippen LogP contribution in [0.25, 0.3) is 11.0 Å². The number of hydrogen-bond acceptors (Lipinski definition) is 6. The molecule has 4 rings (SSSR count). The lowest BCUT2D eigenvalue weighted by Crippen LogP contribution is -2.46. The SMILES string of the molecule is CCc1cc(C(=O)N[C@@H]2C[C@@H](C(=O)NCCO)N(C(=O)c3coc4ccccc34)C2)n(CC)n1. The van der Waals surface area contributed by atoms with Crippen molar-refractivity contribution in [3.8, 4) is 0 Å². The van der Waals surface area contributed by atoms with E-state index in [0.717, 1.165) is 5.69 Å². The van der Waals surface area contributed by atoms with Crippen molar-refractivity contribution in [2.45, 2.75) is 45.3 Å². The predicted octanol–water partition coefficient (Wildman–Crippen LogP) is 1.33. The number of rotatable bonds is 8. The van der Waals surface area contributed by atoms with Crippen molar-refractivity contribution in [1.29, 1.82) is 0 Å². The van der Waals surface area contributed by atoms with Crippen LogP contribution < -0.4 is 10.6 Å². The van der Waals surface area contributed by atoms with E-state index in [1.165, 1.54) is 11.2 Å². The van der Waals surface area contributed by atoms with E-state index in [1.807, 2.05) is 26.0 Å². The molecular weight excluding hydrogens is 438 g/mol. The zero-order valence-corrected chi connectivity index (χ0v) is 19.3. The van der Waals surface area contributed by atoms with Crippen LogP contribution in [0, 0.1) is 0 Å². The predicted molar refractivity (Wildman–Crippen MR) is 124 cm³/mol. The van der Waals surface area contributed by atoms with E-state index in [-0.39, 0.29) is 43.8 Å². The van der Waals surface area contributed by atoms with Crippen LogP contribution in [0.4, 0.5) is 0 Å². The summed E-state index contributed by atoms with van der Waals surface area (Å²) in [6, 6.07) is 7.74. The first kappa shape index (κ1) is 23.5. The van der Waals surface area contributed by atoms with Crippen molar-refractivity contribution in [2.75, 3.05) is 19.7 Å². The van der Waals surface area contributed by atoms with E-state index in [0.29, 0.717) is 35.2 Å². The van der Waals surface area contributed by atoms with Gasteiger partial charge in [0.25, 0.3) is 11.8 Å². The van der Waals surface area contributed by atoms with Gasteiger partial charge < -0.3 is 25.1 Å². The Morgan fingerprint density at radius 1 is 1.24 bits per heavy atom. The van der Waals surface area contributed by atoms with Gasteiger partial charge in [0.1, 0.15) is 23.6 Å². The van der Waals surface area contributed by atoms with Gasteiger partial charge in [-0.05, 0) is 31.9 Å². The second-order valence-corrected chi connectivity index (χ2v) is 8.23. The molecular formula is C24H29N5O5. The Labute approximate surface area is 196 Å². The number of hydrogen-bond donors (Lipinski definition) is 3. The summed E-state index contributed by atoms with van der Waals surface area (Å²) in [7, 11) is 0. The average Bonchev–Trinajstić information content (AvgIpc) is 3.58. The van der Waals surface area contributed by atoms with Gasteiger partial charge in [0.2, 0.25) is 5.91 Å². The molecule has 34 heavy (non-hydrogen) atoms. The molecule has 1 aromatic carbocycles. The van der Waals surface area contributed by atoms with Crippen molar-refractivity contribution < 1.29 is 23.9 Å². The van der Waals surface area contributed by atoms with E-state index in [2.05, 4.69) is 15.7 Å². The number of furan rings is 1. The summed E-state index contributed by atoms with van der Waals surface area (Å²) >= 11 is 0. The molecule has 3 aromatic rings. The number of likely N-dealkylation sites (tertiary alicyclic amines) is 1. The zero-order valence-electron chi connectivity index (χ0n) is 19.3. The van der Waals surface area contributed by atoms with Gasteiger partial charge in [-0.3, -0.25) is 19.1 Å². The number of amides is 3. The third kappa shape index (κ3) is 4.54. The molecule has 0 bridgehead atoms. The highest BCUT2D eigenvalue weighted by Gasteiger charge is 2.41. The maximum atomic E-state index is 13.5. The maximum absolute atomic E-state index is 13.5. The van der Waals surface area contributed by atoms with Gasteiger partial charge in [-0.15, -0.1) is 0 Å². The highest BCUT2D eigenvalue weighted by molar-refractivity contribution is 6.07. The van der Waals surface area contributed by atoms with E-state index >= 15 is 0 Å². The van der Waals surface area contributed by atoms with Crippen molar-refractivity contribution in [2.24, 2.45) is 0 Å². The largest absolute Gasteiger partial charge is 0.463 e. The number of aliphatic hydroxyl groups excluding tert-OH is 1. The van der Waals surface area contributed by atoms with Gasteiger partial charge in [0.05, 0.1) is 17.9 Å². The summed E-state index contributed by atoms with van der Waals surface area (Å²) in [5, 5.41) is 19.8. The van der Waals surface area contributed by atoms with Gasteiger partial charge in [-0.25, -0.2) is 0 Å². The standard InChI is InChI=1S/C24H29N5O5/c1-3-15-11-20(29(4-2)27-15)23(32)26-16-12-19(22(31)25-9-10-30)28(13-16)24(33)18-14-34-21-8-6-5-7-17(18)21/h5-8,11,14,16,19,30H,3-4,9-10,12-13H2,1-2H3,(H,25,31)(H,26,32)/t16-,19+/m1/s1. The van der Waals surface area contributed by atoms with Crippen molar-refractivity contribution in [3.05, 3.63) is 53.5 Å².